The Kier molecular flexibility index (Phi) is 6.19. The maximum atomic E-state index is 11.4. The van der Waals surface area contributed by atoms with E-state index in [1.54, 1.807) is 6.08 Å². The SMILES string of the molecule is CCC(=CCOc1ccc([N+](=O)[O-])cc1OC)C(=O)OC. The molecule has 0 atom stereocenters. The Bertz CT molecular complexity index is 552. The van der Waals surface area contributed by atoms with E-state index < -0.39 is 10.9 Å². The zero-order chi connectivity index (χ0) is 15.8. The van der Waals surface area contributed by atoms with Crippen molar-refractivity contribution in [2.75, 3.05) is 20.8 Å². The molecule has 0 unspecified atom stereocenters. The lowest BCUT2D eigenvalue weighted by Crippen LogP contribution is -2.06. The van der Waals surface area contributed by atoms with Crippen LogP contribution in [0.4, 0.5) is 5.69 Å². The molecule has 0 aliphatic heterocycles. The molecule has 0 saturated heterocycles. The van der Waals surface area contributed by atoms with Gasteiger partial charge in [-0.05, 0) is 18.6 Å². The first-order valence-electron chi connectivity index (χ1n) is 6.26. The zero-order valence-electron chi connectivity index (χ0n) is 12.1. The van der Waals surface area contributed by atoms with E-state index in [4.69, 9.17) is 9.47 Å². The largest absolute Gasteiger partial charge is 0.493 e. The van der Waals surface area contributed by atoms with Crippen molar-refractivity contribution in [1.82, 2.24) is 0 Å². The van der Waals surface area contributed by atoms with E-state index in [1.807, 2.05) is 6.92 Å². The third-order valence-electron chi connectivity index (χ3n) is 2.76. The minimum atomic E-state index is -0.515. The minimum Gasteiger partial charge on any atom is -0.493 e. The Morgan fingerprint density at radius 1 is 1.33 bits per heavy atom. The topological polar surface area (TPSA) is 87.9 Å². The smallest absolute Gasteiger partial charge is 0.333 e. The highest BCUT2D eigenvalue weighted by atomic mass is 16.6. The second kappa shape index (κ2) is 7.88. The van der Waals surface area contributed by atoms with Gasteiger partial charge in [-0.15, -0.1) is 0 Å². The number of carbonyl (C=O) groups excluding carboxylic acids is 1. The van der Waals surface area contributed by atoms with Crippen molar-refractivity contribution in [2.45, 2.75) is 13.3 Å². The fourth-order valence-electron chi connectivity index (χ4n) is 1.62. The molecule has 1 aromatic rings. The van der Waals surface area contributed by atoms with Crippen LogP contribution in [0.3, 0.4) is 0 Å². The number of ether oxygens (including phenoxy) is 3. The lowest BCUT2D eigenvalue weighted by atomic mass is 10.2. The Balaban J connectivity index is 2.82. The van der Waals surface area contributed by atoms with Crippen LogP contribution in [0.15, 0.2) is 29.8 Å². The highest BCUT2D eigenvalue weighted by Crippen LogP contribution is 2.31. The summed E-state index contributed by atoms with van der Waals surface area (Å²) in [7, 11) is 2.71. The average Bonchev–Trinajstić information content (AvgIpc) is 2.50. The van der Waals surface area contributed by atoms with Gasteiger partial charge in [0, 0.05) is 11.6 Å². The van der Waals surface area contributed by atoms with Crippen molar-refractivity contribution in [3.05, 3.63) is 40.0 Å². The van der Waals surface area contributed by atoms with Gasteiger partial charge in [0.05, 0.1) is 25.2 Å². The van der Waals surface area contributed by atoms with Gasteiger partial charge < -0.3 is 14.2 Å². The van der Waals surface area contributed by atoms with Crippen LogP contribution in [0.25, 0.3) is 0 Å². The molecule has 0 spiro atoms. The molecule has 0 bridgehead atoms. The molecule has 0 aliphatic carbocycles. The fraction of sp³-hybridized carbons (Fsp3) is 0.357. The second-order valence-electron chi connectivity index (χ2n) is 3.98. The van der Waals surface area contributed by atoms with Crippen LogP contribution in [0.2, 0.25) is 0 Å². The molecule has 21 heavy (non-hydrogen) atoms. The molecular weight excluding hydrogens is 278 g/mol. The summed E-state index contributed by atoms with van der Waals surface area (Å²) in [5, 5.41) is 10.7. The molecule has 0 radical (unpaired) electrons. The van der Waals surface area contributed by atoms with Crippen molar-refractivity contribution in [3.8, 4) is 11.5 Å². The van der Waals surface area contributed by atoms with Gasteiger partial charge in [-0.1, -0.05) is 6.92 Å². The standard InChI is InChI=1S/C14H17NO6/c1-4-10(14(16)20-3)7-8-21-12-6-5-11(15(17)18)9-13(12)19-2/h5-7,9H,4,8H2,1-3H3. The second-order valence-corrected chi connectivity index (χ2v) is 3.98. The van der Waals surface area contributed by atoms with E-state index in [9.17, 15) is 14.9 Å². The third-order valence-corrected chi connectivity index (χ3v) is 2.76. The van der Waals surface area contributed by atoms with Gasteiger partial charge >= 0.3 is 5.97 Å². The number of nitrogens with zero attached hydrogens (tertiary/aromatic N) is 1. The van der Waals surface area contributed by atoms with Gasteiger partial charge in [0.1, 0.15) is 6.61 Å². The van der Waals surface area contributed by atoms with Crippen molar-refractivity contribution in [2.24, 2.45) is 0 Å². The summed E-state index contributed by atoms with van der Waals surface area (Å²) >= 11 is 0. The van der Waals surface area contributed by atoms with Crippen molar-refractivity contribution >= 4 is 11.7 Å². The number of methoxy groups -OCH3 is 2. The molecule has 1 aromatic carbocycles. The Labute approximate surface area is 122 Å². The lowest BCUT2D eigenvalue weighted by molar-refractivity contribution is -0.384. The van der Waals surface area contributed by atoms with Crippen LogP contribution in [0, 0.1) is 10.1 Å². The number of benzene rings is 1. The number of carbonyl (C=O) groups is 1. The van der Waals surface area contributed by atoms with Gasteiger partial charge in [0.15, 0.2) is 11.5 Å². The van der Waals surface area contributed by atoms with Gasteiger partial charge in [0.2, 0.25) is 0 Å². The number of rotatable bonds is 7. The van der Waals surface area contributed by atoms with Crippen LogP contribution in [0.5, 0.6) is 11.5 Å². The number of non-ortho nitro benzene ring substituents is 1. The molecular formula is C14H17NO6. The summed E-state index contributed by atoms with van der Waals surface area (Å²) in [6.07, 6.45) is 2.13. The van der Waals surface area contributed by atoms with E-state index in [-0.39, 0.29) is 18.0 Å². The van der Waals surface area contributed by atoms with Crippen molar-refractivity contribution in [3.63, 3.8) is 0 Å². The molecule has 0 amide bonds. The predicted molar refractivity (Wildman–Crippen MR) is 75.5 cm³/mol. The molecule has 0 saturated carbocycles. The summed E-state index contributed by atoms with van der Waals surface area (Å²) < 4.78 is 15.1. The summed E-state index contributed by atoms with van der Waals surface area (Å²) in [5.74, 6) is 0.213. The van der Waals surface area contributed by atoms with Crippen LogP contribution >= 0.6 is 0 Å². The first-order chi connectivity index (χ1) is 10.0. The summed E-state index contributed by atoms with van der Waals surface area (Å²) in [4.78, 5) is 21.5. The maximum Gasteiger partial charge on any atom is 0.333 e. The molecule has 0 aliphatic rings. The van der Waals surface area contributed by atoms with Gasteiger partial charge in [-0.25, -0.2) is 4.79 Å². The van der Waals surface area contributed by atoms with E-state index >= 15 is 0 Å². The van der Waals surface area contributed by atoms with Gasteiger partial charge in [-0.3, -0.25) is 10.1 Å². The number of esters is 1. The highest BCUT2D eigenvalue weighted by Gasteiger charge is 2.12. The van der Waals surface area contributed by atoms with Crippen LogP contribution in [-0.2, 0) is 9.53 Å². The summed E-state index contributed by atoms with van der Waals surface area (Å²) in [6, 6.07) is 4.05. The summed E-state index contributed by atoms with van der Waals surface area (Å²) in [5.41, 5.74) is 0.414. The van der Waals surface area contributed by atoms with Crippen molar-refractivity contribution in [1.29, 1.82) is 0 Å². The quantitative estimate of drug-likeness (QED) is 0.332. The van der Waals surface area contributed by atoms with Gasteiger partial charge in [0.25, 0.3) is 5.69 Å². The minimum absolute atomic E-state index is 0.0847. The van der Waals surface area contributed by atoms with Crippen LogP contribution < -0.4 is 9.47 Å². The molecule has 7 nitrogen and oxygen atoms in total. The highest BCUT2D eigenvalue weighted by molar-refractivity contribution is 5.88. The molecule has 0 heterocycles. The fourth-order valence-corrected chi connectivity index (χ4v) is 1.62. The Morgan fingerprint density at radius 2 is 2.05 bits per heavy atom. The van der Waals surface area contributed by atoms with Crippen molar-refractivity contribution < 1.29 is 23.9 Å². The summed E-state index contributed by atoms with van der Waals surface area (Å²) in [6.45, 7) is 1.96. The van der Waals surface area contributed by atoms with Crippen LogP contribution in [-0.4, -0.2) is 31.7 Å². The number of nitro groups is 1. The Morgan fingerprint density at radius 3 is 2.57 bits per heavy atom. The molecule has 1 rings (SSSR count). The predicted octanol–water partition coefficient (Wildman–Crippen LogP) is 2.49. The molecule has 0 N–H and O–H groups in total. The maximum absolute atomic E-state index is 11.4. The van der Waals surface area contributed by atoms with Crippen LogP contribution in [0.1, 0.15) is 13.3 Å². The average molecular weight is 295 g/mol. The number of hydrogen-bond donors (Lipinski definition) is 0. The lowest BCUT2D eigenvalue weighted by Gasteiger charge is -2.09. The number of nitro benzene ring substituents is 1. The van der Waals surface area contributed by atoms with E-state index in [0.717, 1.165) is 0 Å². The number of hydrogen-bond acceptors (Lipinski definition) is 6. The van der Waals surface area contributed by atoms with E-state index in [2.05, 4.69) is 4.74 Å². The van der Waals surface area contributed by atoms with Gasteiger partial charge in [-0.2, -0.15) is 0 Å². The molecule has 114 valence electrons. The first-order valence-corrected chi connectivity index (χ1v) is 6.26. The molecule has 7 heteroatoms. The molecule has 0 fully saturated rings. The van der Waals surface area contributed by atoms with E-state index in [0.29, 0.717) is 17.7 Å². The Hall–Kier alpha value is -2.57. The third kappa shape index (κ3) is 4.48. The zero-order valence-corrected chi connectivity index (χ0v) is 12.1. The normalized spacial score (nSPS) is 10.9. The van der Waals surface area contributed by atoms with E-state index in [1.165, 1.54) is 32.4 Å². The molecule has 0 aromatic heterocycles. The first kappa shape index (κ1) is 16.5. The monoisotopic (exact) mass is 295 g/mol.